The minimum Gasteiger partial charge on any atom is -0.357 e. The minimum atomic E-state index is -3.76. The van der Waals surface area contributed by atoms with Gasteiger partial charge in [-0.2, -0.15) is 0 Å². The van der Waals surface area contributed by atoms with Crippen molar-refractivity contribution in [1.29, 1.82) is 0 Å². The molecule has 3 aromatic carbocycles. The van der Waals surface area contributed by atoms with Crippen molar-refractivity contribution in [3.05, 3.63) is 101 Å². The second-order valence-corrected chi connectivity index (χ2v) is 10.8. The third-order valence-corrected chi connectivity index (χ3v) is 7.09. The van der Waals surface area contributed by atoms with E-state index in [0.29, 0.717) is 12.1 Å². The predicted molar refractivity (Wildman–Crippen MR) is 143 cm³/mol. The van der Waals surface area contributed by atoms with E-state index in [1.807, 2.05) is 68.4 Å². The number of nitrogens with one attached hydrogen (secondary N) is 1. The van der Waals surface area contributed by atoms with E-state index >= 15 is 0 Å². The monoisotopic (exact) mass is 507 g/mol. The number of likely N-dealkylation sites (N-methyl/N-ethyl adjacent to an activating group) is 1. The van der Waals surface area contributed by atoms with Gasteiger partial charge in [0.05, 0.1) is 11.9 Å². The molecule has 0 aromatic heterocycles. The topological polar surface area (TPSA) is 86.8 Å². The highest BCUT2D eigenvalue weighted by Gasteiger charge is 2.32. The Labute approximate surface area is 213 Å². The third-order valence-electron chi connectivity index (χ3n) is 5.95. The van der Waals surface area contributed by atoms with Gasteiger partial charge in [-0.3, -0.25) is 13.9 Å². The van der Waals surface area contributed by atoms with E-state index in [9.17, 15) is 18.0 Å². The standard InChI is InChI=1S/C28H33N3O4S/c1-21-13-15-25(16-14-21)31(36(4,34)35)20-27(32)30(19-24-12-8-9-22(2)17-24)26(28(33)29-3)18-23-10-6-5-7-11-23/h5-17,26H,18-20H2,1-4H3,(H,29,33). The average Bonchev–Trinajstić information content (AvgIpc) is 2.84. The van der Waals surface area contributed by atoms with Crippen LogP contribution >= 0.6 is 0 Å². The summed E-state index contributed by atoms with van der Waals surface area (Å²) in [5.74, 6) is -0.784. The third kappa shape index (κ3) is 7.18. The Kier molecular flexibility index (Phi) is 8.88. The van der Waals surface area contributed by atoms with Gasteiger partial charge < -0.3 is 10.2 Å². The highest BCUT2D eigenvalue weighted by molar-refractivity contribution is 7.92. The van der Waals surface area contributed by atoms with Gasteiger partial charge in [0.2, 0.25) is 21.8 Å². The van der Waals surface area contributed by atoms with Gasteiger partial charge in [-0.1, -0.05) is 77.9 Å². The van der Waals surface area contributed by atoms with Crippen LogP contribution in [-0.4, -0.2) is 51.0 Å². The molecule has 0 aliphatic carbocycles. The molecule has 0 radical (unpaired) electrons. The molecule has 2 amide bonds. The molecule has 0 aliphatic heterocycles. The van der Waals surface area contributed by atoms with Crippen LogP contribution in [0.4, 0.5) is 5.69 Å². The molecule has 1 unspecified atom stereocenters. The quantitative estimate of drug-likeness (QED) is 0.455. The first kappa shape index (κ1) is 26.9. The maximum atomic E-state index is 13.8. The van der Waals surface area contributed by atoms with Gasteiger partial charge in [0, 0.05) is 20.0 Å². The fourth-order valence-corrected chi connectivity index (χ4v) is 4.90. The Morgan fingerprint density at radius 3 is 2.08 bits per heavy atom. The minimum absolute atomic E-state index is 0.164. The zero-order valence-electron chi connectivity index (χ0n) is 21.1. The first-order valence-electron chi connectivity index (χ1n) is 11.7. The van der Waals surface area contributed by atoms with Crippen LogP contribution in [0.25, 0.3) is 0 Å². The SMILES string of the molecule is CNC(=O)C(Cc1ccccc1)N(Cc1cccc(C)c1)C(=O)CN(c1ccc(C)cc1)S(C)(=O)=O. The van der Waals surface area contributed by atoms with Gasteiger partial charge in [0.15, 0.2) is 0 Å². The Hall–Kier alpha value is -3.65. The Morgan fingerprint density at radius 2 is 1.50 bits per heavy atom. The lowest BCUT2D eigenvalue weighted by molar-refractivity contribution is -0.139. The summed E-state index contributed by atoms with van der Waals surface area (Å²) in [5.41, 5.74) is 4.14. The van der Waals surface area contributed by atoms with Crippen molar-refractivity contribution in [3.8, 4) is 0 Å². The number of hydrogen-bond acceptors (Lipinski definition) is 4. The van der Waals surface area contributed by atoms with Gasteiger partial charge >= 0.3 is 0 Å². The molecule has 190 valence electrons. The van der Waals surface area contributed by atoms with E-state index in [1.165, 1.54) is 11.9 Å². The van der Waals surface area contributed by atoms with E-state index in [0.717, 1.165) is 32.8 Å². The molecule has 0 fully saturated rings. The van der Waals surface area contributed by atoms with E-state index in [2.05, 4.69) is 5.32 Å². The Bertz CT molecular complexity index is 1290. The molecule has 0 spiro atoms. The van der Waals surface area contributed by atoms with Crippen molar-refractivity contribution in [1.82, 2.24) is 10.2 Å². The molecule has 7 nitrogen and oxygen atoms in total. The van der Waals surface area contributed by atoms with Crippen molar-refractivity contribution in [2.75, 3.05) is 24.2 Å². The lowest BCUT2D eigenvalue weighted by Gasteiger charge is -2.33. The second-order valence-electron chi connectivity index (χ2n) is 8.94. The van der Waals surface area contributed by atoms with Crippen LogP contribution in [-0.2, 0) is 32.6 Å². The highest BCUT2D eigenvalue weighted by atomic mass is 32.2. The molecule has 0 aliphatic rings. The van der Waals surface area contributed by atoms with Crippen LogP contribution in [0.2, 0.25) is 0 Å². The summed E-state index contributed by atoms with van der Waals surface area (Å²) >= 11 is 0. The van der Waals surface area contributed by atoms with Crippen LogP contribution < -0.4 is 9.62 Å². The molecule has 0 heterocycles. The Morgan fingerprint density at radius 1 is 0.861 bits per heavy atom. The number of carbonyl (C=O) groups is 2. The molecule has 3 rings (SSSR count). The number of amides is 2. The number of rotatable bonds is 10. The van der Waals surface area contributed by atoms with Gasteiger partial charge in [-0.25, -0.2) is 8.42 Å². The molecule has 0 bridgehead atoms. The summed E-state index contributed by atoms with van der Waals surface area (Å²) < 4.78 is 26.5. The summed E-state index contributed by atoms with van der Waals surface area (Å²) in [6.07, 6.45) is 1.37. The predicted octanol–water partition coefficient (Wildman–Crippen LogP) is 3.46. The number of benzene rings is 3. The molecule has 0 saturated carbocycles. The summed E-state index contributed by atoms with van der Waals surface area (Å²) in [6.45, 7) is 3.60. The number of sulfonamides is 1. The van der Waals surface area contributed by atoms with Gasteiger partial charge in [0.25, 0.3) is 0 Å². The summed E-state index contributed by atoms with van der Waals surface area (Å²) in [4.78, 5) is 28.4. The summed E-state index contributed by atoms with van der Waals surface area (Å²) in [5, 5.41) is 2.67. The van der Waals surface area contributed by atoms with E-state index < -0.39 is 28.5 Å². The van der Waals surface area contributed by atoms with Crippen molar-refractivity contribution >= 4 is 27.5 Å². The van der Waals surface area contributed by atoms with Crippen molar-refractivity contribution in [3.63, 3.8) is 0 Å². The first-order chi connectivity index (χ1) is 17.1. The number of hydrogen-bond donors (Lipinski definition) is 1. The largest absolute Gasteiger partial charge is 0.357 e. The van der Waals surface area contributed by atoms with E-state index in [1.54, 1.807) is 24.3 Å². The summed E-state index contributed by atoms with van der Waals surface area (Å²) in [7, 11) is -2.23. The average molecular weight is 508 g/mol. The van der Waals surface area contributed by atoms with Crippen molar-refractivity contribution in [2.24, 2.45) is 0 Å². The fraction of sp³-hybridized carbons (Fsp3) is 0.286. The molecule has 8 heteroatoms. The summed E-state index contributed by atoms with van der Waals surface area (Å²) in [6, 6.07) is 23.3. The molecule has 0 saturated heterocycles. The molecule has 3 aromatic rings. The van der Waals surface area contributed by atoms with Crippen LogP contribution in [0.3, 0.4) is 0 Å². The number of aryl methyl sites for hydroxylation is 2. The maximum absolute atomic E-state index is 13.8. The number of nitrogens with zero attached hydrogens (tertiary/aromatic N) is 2. The number of carbonyl (C=O) groups excluding carboxylic acids is 2. The van der Waals surface area contributed by atoms with Crippen LogP contribution in [0, 0.1) is 13.8 Å². The molecule has 1 N–H and O–H groups in total. The van der Waals surface area contributed by atoms with E-state index in [4.69, 9.17) is 0 Å². The zero-order chi connectivity index (χ0) is 26.3. The normalized spacial score (nSPS) is 12.0. The van der Waals surface area contributed by atoms with Crippen LogP contribution in [0.15, 0.2) is 78.9 Å². The van der Waals surface area contributed by atoms with Crippen molar-refractivity contribution in [2.45, 2.75) is 32.9 Å². The van der Waals surface area contributed by atoms with E-state index in [-0.39, 0.29) is 12.5 Å². The van der Waals surface area contributed by atoms with Crippen molar-refractivity contribution < 1.29 is 18.0 Å². The van der Waals surface area contributed by atoms with Gasteiger partial charge in [0.1, 0.15) is 12.6 Å². The highest BCUT2D eigenvalue weighted by Crippen LogP contribution is 2.21. The number of anilines is 1. The van der Waals surface area contributed by atoms with Crippen LogP contribution in [0.1, 0.15) is 22.3 Å². The van der Waals surface area contributed by atoms with Crippen LogP contribution in [0.5, 0.6) is 0 Å². The maximum Gasteiger partial charge on any atom is 0.244 e. The smallest absolute Gasteiger partial charge is 0.244 e. The fourth-order valence-electron chi connectivity index (χ4n) is 4.05. The van der Waals surface area contributed by atoms with Gasteiger partial charge in [-0.15, -0.1) is 0 Å². The zero-order valence-corrected chi connectivity index (χ0v) is 22.0. The first-order valence-corrected chi connectivity index (χ1v) is 13.6. The van der Waals surface area contributed by atoms with Gasteiger partial charge in [-0.05, 0) is 37.1 Å². The Balaban J connectivity index is 2.02. The molecular weight excluding hydrogens is 474 g/mol. The lowest BCUT2D eigenvalue weighted by Crippen LogP contribution is -2.52. The molecule has 1 atom stereocenters. The second kappa shape index (κ2) is 11.9. The molecular formula is C28H33N3O4S. The molecule has 36 heavy (non-hydrogen) atoms. The lowest BCUT2D eigenvalue weighted by atomic mass is 10.0.